The Morgan fingerprint density at radius 3 is 1.48 bits per heavy atom. The molecule has 0 spiro atoms. The topological polar surface area (TPSA) is 29.0 Å². The fourth-order valence-electron chi connectivity index (χ4n) is 8.51. The molecule has 0 bridgehead atoms. The molecular formula is C57H43N3Pt. The Kier molecular flexibility index (Phi) is 10.7. The molecular weight excluding hydrogens is 922 g/mol. The first-order valence-electron chi connectivity index (χ1n) is 20.6. The second kappa shape index (κ2) is 16.4. The second-order valence-electron chi connectivity index (χ2n) is 16.5. The number of hydrogen-bond donors (Lipinski definition) is 0. The maximum Gasteiger partial charge on any atom is 2.00 e. The third kappa shape index (κ3) is 7.56. The summed E-state index contributed by atoms with van der Waals surface area (Å²) >= 11 is 0. The van der Waals surface area contributed by atoms with Crippen molar-refractivity contribution in [3.05, 3.63) is 212 Å². The minimum absolute atomic E-state index is 0. The summed E-state index contributed by atoms with van der Waals surface area (Å²) in [5, 5.41) is 0. The molecule has 1 aliphatic carbocycles. The van der Waals surface area contributed by atoms with Crippen LogP contribution in [0.15, 0.2) is 188 Å². The van der Waals surface area contributed by atoms with Gasteiger partial charge in [-0.15, -0.1) is 59.7 Å². The van der Waals surface area contributed by atoms with Gasteiger partial charge in [-0.2, -0.15) is 0 Å². The van der Waals surface area contributed by atoms with Gasteiger partial charge in [-0.3, -0.25) is 0 Å². The minimum atomic E-state index is 0. The van der Waals surface area contributed by atoms with E-state index in [2.05, 4.69) is 215 Å². The Morgan fingerprint density at radius 1 is 0.443 bits per heavy atom. The van der Waals surface area contributed by atoms with Crippen LogP contribution in [0.3, 0.4) is 0 Å². The zero-order chi connectivity index (χ0) is 40.8. The van der Waals surface area contributed by atoms with E-state index in [0.717, 1.165) is 56.3 Å². The van der Waals surface area contributed by atoms with Crippen LogP contribution in [-0.4, -0.2) is 9.97 Å². The SMILES string of the molecule is Cc1cnc(-c2[c-]c(N(c3[c-]c(-c4cc(C(C)(C)C)ccn4)ccc3)c3ccccc3)ccc2)cc1-c1ccc2c(c1)-c1ccccc1-c1ccccc1-c1ccccc1-2.[Pt+2]. The molecule has 0 amide bonds. The summed E-state index contributed by atoms with van der Waals surface area (Å²) in [4.78, 5) is 12.0. The zero-order valence-electron chi connectivity index (χ0n) is 34.6. The van der Waals surface area contributed by atoms with E-state index in [-0.39, 0.29) is 26.5 Å². The van der Waals surface area contributed by atoms with Gasteiger partial charge in [-0.1, -0.05) is 136 Å². The third-order valence-electron chi connectivity index (χ3n) is 11.6. The van der Waals surface area contributed by atoms with E-state index in [4.69, 9.17) is 9.97 Å². The molecule has 2 aromatic heterocycles. The summed E-state index contributed by atoms with van der Waals surface area (Å²) in [5.74, 6) is 0. The number of aromatic nitrogens is 2. The molecule has 2 heterocycles. The molecule has 0 unspecified atom stereocenters. The number of fused-ring (bicyclic) bond motifs is 8. The predicted molar refractivity (Wildman–Crippen MR) is 249 cm³/mol. The first-order chi connectivity index (χ1) is 29.3. The van der Waals surface area contributed by atoms with Gasteiger partial charge < -0.3 is 14.9 Å². The van der Waals surface area contributed by atoms with E-state index < -0.39 is 0 Å². The number of hydrogen-bond acceptors (Lipinski definition) is 3. The predicted octanol–water partition coefficient (Wildman–Crippen LogP) is 15.1. The van der Waals surface area contributed by atoms with Crippen LogP contribution in [-0.2, 0) is 26.5 Å². The molecule has 9 aromatic rings. The molecule has 61 heavy (non-hydrogen) atoms. The van der Waals surface area contributed by atoms with Gasteiger partial charge in [0.15, 0.2) is 0 Å². The smallest absolute Gasteiger partial charge is 0.346 e. The number of nitrogens with zero attached hydrogens (tertiary/aromatic N) is 3. The Bertz CT molecular complexity index is 3050. The molecule has 0 saturated carbocycles. The zero-order valence-corrected chi connectivity index (χ0v) is 36.8. The number of pyridine rings is 2. The normalized spacial score (nSPS) is 11.5. The van der Waals surface area contributed by atoms with Crippen LogP contribution in [0, 0.1) is 19.1 Å². The number of anilines is 3. The van der Waals surface area contributed by atoms with E-state index in [1.165, 1.54) is 50.1 Å². The van der Waals surface area contributed by atoms with Crippen molar-refractivity contribution in [1.82, 2.24) is 9.97 Å². The van der Waals surface area contributed by atoms with E-state index in [1.807, 2.05) is 18.5 Å². The summed E-state index contributed by atoms with van der Waals surface area (Å²) in [6, 6.07) is 70.3. The molecule has 7 aromatic carbocycles. The van der Waals surface area contributed by atoms with E-state index in [1.54, 1.807) is 0 Å². The third-order valence-corrected chi connectivity index (χ3v) is 11.6. The maximum atomic E-state index is 5.00. The summed E-state index contributed by atoms with van der Waals surface area (Å²) in [7, 11) is 0. The van der Waals surface area contributed by atoms with Crippen LogP contribution in [0.25, 0.3) is 78.1 Å². The van der Waals surface area contributed by atoms with Crippen molar-refractivity contribution in [2.75, 3.05) is 4.90 Å². The standard InChI is InChI=1S/C57H43N3.Pt/c1-38-37-59-56(36-53(38)39-28-29-52-50-26-11-10-24-48(50)46-22-8-9-23-47(46)49-25-12-13-27-51(49)54(52)34-39)41-17-15-21-45(33-41)60(43-18-6-5-7-19-43)44-20-14-16-40(32-44)55-35-42(30-31-58-55)57(2,3)4;/h5-31,34-37H,1-4H3;/q-2;+2. The van der Waals surface area contributed by atoms with Gasteiger partial charge in [0.2, 0.25) is 0 Å². The van der Waals surface area contributed by atoms with Gasteiger partial charge in [-0.25, -0.2) is 0 Å². The average Bonchev–Trinajstić information content (AvgIpc) is 3.29. The van der Waals surface area contributed by atoms with Crippen LogP contribution in [0.2, 0.25) is 0 Å². The summed E-state index contributed by atoms with van der Waals surface area (Å²) in [6.45, 7) is 8.83. The molecule has 0 atom stereocenters. The molecule has 4 heteroatoms. The number of rotatable bonds is 6. The van der Waals surface area contributed by atoms with Crippen molar-refractivity contribution < 1.29 is 21.1 Å². The summed E-state index contributed by atoms with van der Waals surface area (Å²) in [6.07, 6.45) is 3.89. The fraction of sp³-hybridized carbons (Fsp3) is 0.0877. The summed E-state index contributed by atoms with van der Waals surface area (Å²) < 4.78 is 0. The van der Waals surface area contributed by atoms with Crippen molar-refractivity contribution in [3.8, 4) is 78.1 Å². The first-order valence-corrected chi connectivity index (χ1v) is 20.6. The molecule has 3 nitrogen and oxygen atoms in total. The molecule has 0 aliphatic heterocycles. The fourth-order valence-corrected chi connectivity index (χ4v) is 8.51. The van der Waals surface area contributed by atoms with Crippen molar-refractivity contribution in [1.29, 1.82) is 0 Å². The molecule has 296 valence electrons. The summed E-state index contributed by atoms with van der Waals surface area (Å²) in [5.41, 5.74) is 20.9. The van der Waals surface area contributed by atoms with E-state index in [0.29, 0.717) is 0 Å². The Hall–Kier alpha value is -6.67. The van der Waals surface area contributed by atoms with Gasteiger partial charge in [-0.05, 0) is 126 Å². The average molecular weight is 965 g/mol. The monoisotopic (exact) mass is 964 g/mol. The molecule has 0 saturated heterocycles. The Morgan fingerprint density at radius 2 is 0.934 bits per heavy atom. The van der Waals surface area contributed by atoms with Crippen LogP contribution in [0.5, 0.6) is 0 Å². The van der Waals surface area contributed by atoms with Crippen molar-refractivity contribution >= 4 is 17.1 Å². The van der Waals surface area contributed by atoms with E-state index in [9.17, 15) is 0 Å². The molecule has 0 radical (unpaired) electrons. The number of aryl methyl sites for hydroxylation is 1. The van der Waals surface area contributed by atoms with Crippen LogP contribution < -0.4 is 4.90 Å². The molecule has 1 aliphatic rings. The first kappa shape index (κ1) is 39.8. The Labute approximate surface area is 373 Å². The van der Waals surface area contributed by atoms with Crippen molar-refractivity contribution in [3.63, 3.8) is 0 Å². The molecule has 0 N–H and O–H groups in total. The minimum Gasteiger partial charge on any atom is -0.346 e. The van der Waals surface area contributed by atoms with E-state index >= 15 is 0 Å². The quantitative estimate of drug-likeness (QED) is 0.156. The van der Waals surface area contributed by atoms with Gasteiger partial charge >= 0.3 is 21.1 Å². The van der Waals surface area contributed by atoms with Gasteiger partial charge in [0.1, 0.15) is 0 Å². The van der Waals surface area contributed by atoms with Crippen LogP contribution in [0.4, 0.5) is 17.1 Å². The number of para-hydroxylation sites is 1. The largest absolute Gasteiger partial charge is 2.00 e. The molecule has 0 fully saturated rings. The van der Waals surface area contributed by atoms with Crippen molar-refractivity contribution in [2.24, 2.45) is 0 Å². The molecule has 10 rings (SSSR count). The maximum absolute atomic E-state index is 5.00. The van der Waals surface area contributed by atoms with Gasteiger partial charge in [0, 0.05) is 18.1 Å². The van der Waals surface area contributed by atoms with Crippen LogP contribution >= 0.6 is 0 Å². The van der Waals surface area contributed by atoms with Gasteiger partial charge in [0.05, 0.1) is 0 Å². The van der Waals surface area contributed by atoms with Gasteiger partial charge in [0.25, 0.3) is 0 Å². The van der Waals surface area contributed by atoms with Crippen LogP contribution in [0.1, 0.15) is 31.9 Å². The number of benzene rings is 7. The second-order valence-corrected chi connectivity index (χ2v) is 16.5. The Balaban J connectivity index is 0.00000476. The van der Waals surface area contributed by atoms with Crippen molar-refractivity contribution in [2.45, 2.75) is 33.1 Å².